The first-order valence-corrected chi connectivity index (χ1v) is 9.94. The third-order valence-electron chi connectivity index (χ3n) is 4.62. The Hall–Kier alpha value is -2.69. The summed E-state index contributed by atoms with van der Waals surface area (Å²) in [7, 11) is -4.02. The van der Waals surface area contributed by atoms with Crippen molar-refractivity contribution in [3.05, 3.63) is 25.3 Å². The topological polar surface area (TPSA) is 136 Å². The van der Waals surface area contributed by atoms with Crippen molar-refractivity contribution < 1.29 is 37.1 Å². The van der Waals surface area contributed by atoms with Crippen LogP contribution in [0.2, 0.25) is 0 Å². The minimum Gasteiger partial charge on any atom is -0.461 e. The van der Waals surface area contributed by atoms with Gasteiger partial charge in [-0.15, -0.1) is 0 Å². The molecule has 1 N–H and O–H groups in total. The van der Waals surface area contributed by atoms with E-state index < -0.39 is 62.2 Å². The molecule has 0 aliphatic carbocycles. The quantitative estimate of drug-likeness (QED) is 0.233. The van der Waals surface area contributed by atoms with Crippen LogP contribution in [-0.4, -0.2) is 72.5 Å². The van der Waals surface area contributed by atoms with Crippen molar-refractivity contribution >= 4 is 33.6 Å². The number of nitrogens with one attached hydrogen (secondary N) is 1. The lowest BCUT2D eigenvalue weighted by molar-refractivity contribution is -0.164. The maximum atomic E-state index is 12.9. The molecule has 0 radical (unpaired) electrons. The second kappa shape index (κ2) is 7.74. The van der Waals surface area contributed by atoms with Crippen LogP contribution in [0.5, 0.6) is 0 Å². The Morgan fingerprint density at radius 2 is 1.75 bits per heavy atom. The molecule has 0 spiro atoms. The van der Waals surface area contributed by atoms with Crippen LogP contribution in [0, 0.1) is 0 Å². The molecule has 0 bridgehead atoms. The van der Waals surface area contributed by atoms with Gasteiger partial charge in [-0.1, -0.05) is 25.3 Å². The highest BCUT2D eigenvalue weighted by atomic mass is 32.2. The molecular formula is C17H22N2O8S. The number of β-lactam (4-membered cyclic amide) rings is 1. The van der Waals surface area contributed by atoms with Gasteiger partial charge in [0.1, 0.15) is 36.5 Å². The molecule has 28 heavy (non-hydrogen) atoms. The van der Waals surface area contributed by atoms with E-state index in [1.807, 2.05) is 0 Å². The molecule has 0 saturated carbocycles. The second-order valence-corrected chi connectivity index (χ2v) is 9.42. The van der Waals surface area contributed by atoms with Gasteiger partial charge in [-0.2, -0.15) is 0 Å². The van der Waals surface area contributed by atoms with Crippen molar-refractivity contribution in [1.29, 1.82) is 0 Å². The summed E-state index contributed by atoms with van der Waals surface area (Å²) in [5.41, 5.74) is 0. The molecule has 0 aromatic heterocycles. The molecule has 0 aromatic rings. The summed E-state index contributed by atoms with van der Waals surface area (Å²) >= 11 is 0. The van der Waals surface area contributed by atoms with Crippen molar-refractivity contribution in [3.8, 4) is 0 Å². The summed E-state index contributed by atoms with van der Waals surface area (Å²) in [5, 5.41) is 0.824. The summed E-state index contributed by atoms with van der Waals surface area (Å²) in [6, 6.07) is -2.73. The normalized spacial score (nSPS) is 26.4. The van der Waals surface area contributed by atoms with Gasteiger partial charge >= 0.3 is 11.9 Å². The predicted molar refractivity (Wildman–Crippen MR) is 96.3 cm³/mol. The lowest BCUT2D eigenvalue weighted by atomic mass is 9.96. The zero-order valence-electron chi connectivity index (χ0n) is 15.5. The van der Waals surface area contributed by atoms with E-state index in [2.05, 4.69) is 23.2 Å². The summed E-state index contributed by atoms with van der Waals surface area (Å²) < 4.78 is 33.8. The molecule has 2 heterocycles. The highest BCUT2D eigenvalue weighted by Crippen LogP contribution is 2.46. The number of ether oxygens (including phenoxy) is 2. The summed E-state index contributed by atoms with van der Waals surface area (Å²) in [5.74, 6) is -3.33. The first-order valence-electron chi connectivity index (χ1n) is 8.39. The Kier molecular flexibility index (Phi) is 5.97. The largest absolute Gasteiger partial charge is 0.461 e. The minimum atomic E-state index is -4.02. The molecule has 3 atom stereocenters. The fraction of sp³-hybridized carbons (Fsp3) is 0.529. The van der Waals surface area contributed by atoms with Crippen molar-refractivity contribution in [2.24, 2.45) is 0 Å². The van der Waals surface area contributed by atoms with Crippen LogP contribution < -0.4 is 5.32 Å². The van der Waals surface area contributed by atoms with Crippen LogP contribution in [0.15, 0.2) is 25.3 Å². The third-order valence-corrected chi connectivity index (χ3v) is 7.44. The van der Waals surface area contributed by atoms with Gasteiger partial charge in [0.15, 0.2) is 15.2 Å². The van der Waals surface area contributed by atoms with Gasteiger partial charge in [0.05, 0.1) is 0 Å². The van der Waals surface area contributed by atoms with Crippen LogP contribution in [0.4, 0.5) is 0 Å². The molecule has 1 unspecified atom stereocenters. The zero-order valence-corrected chi connectivity index (χ0v) is 16.4. The van der Waals surface area contributed by atoms with Gasteiger partial charge in [-0.25, -0.2) is 13.2 Å². The number of nitrogens with zero attached hydrogens (tertiary/aromatic N) is 1. The Bertz CT molecular complexity index is 832. The number of rotatable bonds is 8. The highest BCUT2D eigenvalue weighted by molar-refractivity contribution is 7.94. The molecule has 2 fully saturated rings. The monoisotopic (exact) mass is 414 g/mol. The molecule has 2 saturated heterocycles. The van der Waals surface area contributed by atoms with Gasteiger partial charge in [0, 0.05) is 0 Å². The smallest absolute Gasteiger partial charge is 0.330 e. The standard InChI is InChI=1S/C17H22N2O8S/c1-5-7-26-11(21)9-10(20)18-12-14(22)19-13(16(23)27-8-6-2)17(3,4)28(24,25)15(12)19/h5-6,12-13,15H,1-2,7-9H2,3-4H3,(H,18,20)/t12-,13?,15-/m1/s1. The number of fused-ring (bicyclic) bond motifs is 1. The van der Waals surface area contributed by atoms with Crippen molar-refractivity contribution in [3.63, 3.8) is 0 Å². The Morgan fingerprint density at radius 1 is 1.18 bits per heavy atom. The molecule has 0 aromatic carbocycles. The van der Waals surface area contributed by atoms with Crippen molar-refractivity contribution in [2.45, 2.75) is 42.5 Å². The van der Waals surface area contributed by atoms with E-state index in [4.69, 9.17) is 4.74 Å². The van der Waals surface area contributed by atoms with Crippen LogP contribution in [-0.2, 0) is 38.5 Å². The number of carbonyl (C=O) groups is 4. The Labute approximate surface area is 162 Å². The number of hydrogen-bond donors (Lipinski definition) is 1. The lowest BCUT2D eigenvalue weighted by Crippen LogP contribution is -2.72. The van der Waals surface area contributed by atoms with E-state index in [0.29, 0.717) is 0 Å². The molecule has 11 heteroatoms. The lowest BCUT2D eigenvalue weighted by Gasteiger charge is -2.42. The molecule has 154 valence electrons. The summed E-state index contributed by atoms with van der Waals surface area (Å²) in [4.78, 5) is 49.2. The average molecular weight is 414 g/mol. The Morgan fingerprint density at radius 3 is 2.32 bits per heavy atom. The van der Waals surface area contributed by atoms with E-state index in [1.54, 1.807) is 0 Å². The van der Waals surface area contributed by atoms with Gasteiger partial charge in [0.25, 0.3) is 0 Å². The van der Waals surface area contributed by atoms with Crippen molar-refractivity contribution in [2.75, 3.05) is 13.2 Å². The number of hydrogen-bond acceptors (Lipinski definition) is 8. The average Bonchev–Trinajstić information content (AvgIpc) is 2.76. The van der Waals surface area contributed by atoms with Gasteiger partial charge in [-0.3, -0.25) is 14.4 Å². The van der Waals surface area contributed by atoms with Gasteiger partial charge < -0.3 is 19.7 Å². The SMILES string of the molecule is C=CCOC(=O)CC(=O)N[C@@H]1C(=O)N2C(C(=O)OCC=C)C(C)(C)S(=O)(=O)[C@H]12. The maximum absolute atomic E-state index is 12.9. The highest BCUT2D eigenvalue weighted by Gasteiger charge is 2.72. The maximum Gasteiger partial charge on any atom is 0.330 e. The zero-order chi connectivity index (χ0) is 21.3. The number of amides is 2. The molecule has 2 aliphatic heterocycles. The fourth-order valence-electron chi connectivity index (χ4n) is 3.20. The van der Waals surface area contributed by atoms with Crippen LogP contribution in [0.1, 0.15) is 20.3 Å². The van der Waals surface area contributed by atoms with E-state index in [-0.39, 0.29) is 13.2 Å². The van der Waals surface area contributed by atoms with Crippen LogP contribution >= 0.6 is 0 Å². The minimum absolute atomic E-state index is 0.0814. The van der Waals surface area contributed by atoms with Crippen LogP contribution in [0.3, 0.4) is 0 Å². The number of carbonyl (C=O) groups excluding carboxylic acids is 4. The van der Waals surface area contributed by atoms with Crippen molar-refractivity contribution in [1.82, 2.24) is 10.2 Å². The first-order chi connectivity index (χ1) is 13.0. The first kappa shape index (κ1) is 21.6. The van der Waals surface area contributed by atoms with E-state index in [0.717, 1.165) is 4.90 Å². The van der Waals surface area contributed by atoms with Gasteiger partial charge in [0.2, 0.25) is 11.8 Å². The third kappa shape index (κ3) is 3.41. The number of sulfone groups is 1. The Balaban J connectivity index is 2.17. The van der Waals surface area contributed by atoms with E-state index in [1.165, 1.54) is 26.0 Å². The predicted octanol–water partition coefficient (Wildman–Crippen LogP) is -0.936. The molecular weight excluding hydrogens is 392 g/mol. The molecule has 2 aliphatic rings. The number of esters is 2. The molecule has 2 amide bonds. The molecule has 2 rings (SSSR count). The summed E-state index contributed by atoms with van der Waals surface area (Å²) in [6.07, 6.45) is 1.96. The van der Waals surface area contributed by atoms with E-state index in [9.17, 15) is 27.6 Å². The van der Waals surface area contributed by atoms with Crippen LogP contribution in [0.25, 0.3) is 0 Å². The van der Waals surface area contributed by atoms with E-state index >= 15 is 0 Å². The second-order valence-electron chi connectivity index (χ2n) is 6.80. The fourth-order valence-corrected chi connectivity index (χ4v) is 5.41. The van der Waals surface area contributed by atoms with Gasteiger partial charge in [-0.05, 0) is 13.8 Å². The molecule has 10 nitrogen and oxygen atoms in total. The summed E-state index contributed by atoms with van der Waals surface area (Å²) in [6.45, 7) is 9.19.